The highest BCUT2D eigenvalue weighted by Gasteiger charge is 2.36. The van der Waals surface area contributed by atoms with E-state index in [1.807, 2.05) is 0 Å². The predicted octanol–water partition coefficient (Wildman–Crippen LogP) is 2.77. The molecule has 31 heavy (non-hydrogen) atoms. The highest BCUT2D eigenvalue weighted by Crippen LogP contribution is 2.15. The summed E-state index contributed by atoms with van der Waals surface area (Å²) in [6.07, 6.45) is 2.44. The summed E-state index contributed by atoms with van der Waals surface area (Å²) in [6.45, 7) is 11.0. The molecule has 0 amide bonds. The number of ether oxygens (including phenoxy) is 2. The van der Waals surface area contributed by atoms with Gasteiger partial charge in [0, 0.05) is 52.7 Å². The second kappa shape index (κ2) is 19.3. The van der Waals surface area contributed by atoms with Crippen molar-refractivity contribution in [2.45, 2.75) is 45.2 Å². The van der Waals surface area contributed by atoms with E-state index in [1.165, 1.54) is 0 Å². The molecule has 0 rings (SSSR count). The molecule has 182 valence electrons. The van der Waals surface area contributed by atoms with Gasteiger partial charge in [0.05, 0.1) is 13.2 Å². The summed E-state index contributed by atoms with van der Waals surface area (Å²) in [4.78, 5) is 22.1. The second-order valence-electron chi connectivity index (χ2n) is 6.63. The zero-order valence-corrected chi connectivity index (χ0v) is 22.3. The molecule has 0 radical (unpaired) electrons. The monoisotopic (exact) mass is 480 g/mol. The van der Waals surface area contributed by atoms with Gasteiger partial charge in [0.15, 0.2) is 0 Å². The van der Waals surface area contributed by atoms with Crippen LogP contribution in [0.25, 0.3) is 0 Å². The van der Waals surface area contributed by atoms with Crippen molar-refractivity contribution in [2.24, 2.45) is 0 Å². The molecule has 0 aromatic carbocycles. The molecule has 0 saturated heterocycles. The van der Waals surface area contributed by atoms with Crippen molar-refractivity contribution in [1.82, 2.24) is 0 Å². The summed E-state index contributed by atoms with van der Waals surface area (Å²) in [5, 5.41) is 0. The van der Waals surface area contributed by atoms with Gasteiger partial charge in [0.1, 0.15) is 0 Å². The number of hydrogen-bond acceptors (Lipinski definition) is 9. The molecule has 11 heteroatoms. The van der Waals surface area contributed by atoms with Crippen molar-refractivity contribution in [3.8, 4) is 0 Å². The standard InChI is InChI=1S/C10H20O5Si.C10H20O4Si/c1-9(2)10(11)15-7-6-8-16(12-3,13-4)14-5;1-9(2)10(11)14-7-5-6-8-15(12-3)13-4/h1,6-8H2,2-5H3;15H,1,5-8H2,2-4H3. The lowest BCUT2D eigenvalue weighted by Gasteiger charge is -2.24. The molecule has 0 unspecified atom stereocenters. The molecule has 0 heterocycles. The third-order valence-electron chi connectivity index (χ3n) is 4.08. The summed E-state index contributed by atoms with van der Waals surface area (Å²) in [5.41, 5.74) is 0.838. The molecule has 0 N–H and O–H groups in total. The minimum Gasteiger partial charge on any atom is -0.462 e. The van der Waals surface area contributed by atoms with E-state index in [4.69, 9.17) is 31.6 Å². The summed E-state index contributed by atoms with van der Waals surface area (Å²) in [7, 11) is 4.03. The molecule has 0 bridgehead atoms. The Morgan fingerprint density at radius 1 is 0.742 bits per heavy atom. The van der Waals surface area contributed by atoms with E-state index in [1.54, 1.807) is 49.4 Å². The van der Waals surface area contributed by atoms with E-state index < -0.39 is 18.1 Å². The van der Waals surface area contributed by atoms with E-state index in [9.17, 15) is 9.59 Å². The first-order valence-corrected chi connectivity index (χ1v) is 13.7. The molecular weight excluding hydrogens is 440 g/mol. The first-order valence-electron chi connectivity index (χ1n) is 9.99. The van der Waals surface area contributed by atoms with Gasteiger partial charge in [-0.1, -0.05) is 13.2 Å². The number of rotatable bonds is 16. The van der Waals surface area contributed by atoms with Gasteiger partial charge in [-0.2, -0.15) is 0 Å². The fourth-order valence-electron chi connectivity index (χ4n) is 2.17. The predicted molar refractivity (Wildman–Crippen MR) is 123 cm³/mol. The molecule has 9 nitrogen and oxygen atoms in total. The molecule has 0 spiro atoms. The van der Waals surface area contributed by atoms with Crippen LogP contribution in [0.4, 0.5) is 0 Å². The lowest BCUT2D eigenvalue weighted by Crippen LogP contribution is -2.42. The van der Waals surface area contributed by atoms with Crippen molar-refractivity contribution < 1.29 is 41.2 Å². The molecule has 0 aromatic rings. The number of unbranched alkanes of at least 4 members (excludes halogenated alkanes) is 1. The summed E-state index contributed by atoms with van der Waals surface area (Å²) in [5.74, 6) is -0.693. The van der Waals surface area contributed by atoms with E-state index in [-0.39, 0.29) is 11.9 Å². The molecule has 0 saturated carbocycles. The van der Waals surface area contributed by atoms with Crippen LogP contribution in [0.2, 0.25) is 12.1 Å². The minimum atomic E-state index is -2.53. The van der Waals surface area contributed by atoms with Crippen molar-refractivity contribution in [1.29, 1.82) is 0 Å². The Kier molecular flexibility index (Phi) is 19.9. The molecular formula is C20H40O9Si2. The Morgan fingerprint density at radius 2 is 1.16 bits per heavy atom. The molecule has 0 fully saturated rings. The highest BCUT2D eigenvalue weighted by molar-refractivity contribution is 6.60. The topological polar surface area (TPSA) is 98.8 Å². The third-order valence-corrected chi connectivity index (χ3v) is 8.85. The molecule has 0 aliphatic rings. The number of carbonyl (C=O) groups is 2. The fraction of sp³-hybridized carbons (Fsp3) is 0.700. The first kappa shape index (κ1) is 31.8. The van der Waals surface area contributed by atoms with Crippen LogP contribution in [-0.4, -0.2) is 78.8 Å². The van der Waals surface area contributed by atoms with Gasteiger partial charge in [-0.25, -0.2) is 9.59 Å². The summed E-state index contributed by atoms with van der Waals surface area (Å²) >= 11 is 0. The average molecular weight is 481 g/mol. The van der Waals surface area contributed by atoms with Gasteiger partial charge < -0.3 is 31.6 Å². The lowest BCUT2D eigenvalue weighted by molar-refractivity contribution is -0.139. The first-order chi connectivity index (χ1) is 14.6. The maximum absolute atomic E-state index is 11.1. The van der Waals surface area contributed by atoms with Crippen LogP contribution in [0.15, 0.2) is 24.3 Å². The Balaban J connectivity index is 0. The average Bonchev–Trinajstić information content (AvgIpc) is 2.76. The Bertz CT molecular complexity index is 524. The lowest BCUT2D eigenvalue weighted by atomic mass is 10.3. The van der Waals surface area contributed by atoms with E-state index in [0.717, 1.165) is 18.9 Å². The van der Waals surface area contributed by atoms with Crippen LogP contribution in [0.5, 0.6) is 0 Å². The molecule has 0 aromatic heterocycles. The number of carbonyl (C=O) groups excluding carboxylic acids is 2. The Morgan fingerprint density at radius 3 is 1.52 bits per heavy atom. The molecule has 0 atom stereocenters. The van der Waals surface area contributed by atoms with Crippen molar-refractivity contribution >= 4 is 30.0 Å². The summed E-state index contributed by atoms with van der Waals surface area (Å²) in [6, 6.07) is 1.55. The normalized spacial score (nSPS) is 10.8. The van der Waals surface area contributed by atoms with E-state index in [0.29, 0.717) is 36.8 Å². The molecule has 0 aliphatic carbocycles. The van der Waals surface area contributed by atoms with Crippen LogP contribution in [0, 0.1) is 0 Å². The highest BCUT2D eigenvalue weighted by atomic mass is 28.4. The maximum atomic E-state index is 11.1. The second-order valence-corrected chi connectivity index (χ2v) is 12.1. The van der Waals surface area contributed by atoms with Crippen molar-refractivity contribution in [2.75, 3.05) is 48.8 Å². The molecule has 0 aliphatic heterocycles. The fourth-order valence-corrected chi connectivity index (χ4v) is 5.14. The van der Waals surface area contributed by atoms with Gasteiger partial charge in [0.25, 0.3) is 0 Å². The quantitative estimate of drug-likeness (QED) is 0.143. The zero-order valence-electron chi connectivity index (χ0n) is 20.1. The van der Waals surface area contributed by atoms with Crippen LogP contribution in [-0.2, 0) is 41.2 Å². The van der Waals surface area contributed by atoms with Crippen LogP contribution in [0.3, 0.4) is 0 Å². The van der Waals surface area contributed by atoms with Crippen molar-refractivity contribution in [3.05, 3.63) is 24.3 Å². The SMILES string of the molecule is C=C(C)C(=O)OCCCC[SiH](OC)OC.C=C(C)C(=O)OCCC[Si](OC)(OC)OC. The largest absolute Gasteiger partial charge is 0.500 e. The van der Waals surface area contributed by atoms with E-state index >= 15 is 0 Å². The van der Waals surface area contributed by atoms with Crippen molar-refractivity contribution in [3.63, 3.8) is 0 Å². The van der Waals surface area contributed by atoms with Gasteiger partial charge >= 0.3 is 30.0 Å². The van der Waals surface area contributed by atoms with Gasteiger partial charge in [-0.05, 0) is 39.2 Å². The minimum absolute atomic E-state index is 0.316. The van der Waals surface area contributed by atoms with E-state index in [2.05, 4.69) is 13.2 Å². The number of esters is 2. The third kappa shape index (κ3) is 16.0. The number of hydrogen-bond donors (Lipinski definition) is 0. The van der Waals surface area contributed by atoms with Gasteiger partial charge in [-0.15, -0.1) is 0 Å². The maximum Gasteiger partial charge on any atom is 0.500 e. The Hall–Kier alpha value is -1.35. The van der Waals surface area contributed by atoms with Crippen LogP contribution in [0.1, 0.15) is 33.1 Å². The van der Waals surface area contributed by atoms with Gasteiger partial charge in [-0.3, -0.25) is 0 Å². The Labute approximate surface area is 189 Å². The smallest absolute Gasteiger partial charge is 0.462 e. The zero-order chi connectivity index (χ0) is 24.3. The summed E-state index contributed by atoms with van der Waals surface area (Å²) < 4.78 is 35.9. The van der Waals surface area contributed by atoms with Gasteiger partial charge in [0.2, 0.25) is 0 Å². The van der Waals surface area contributed by atoms with Crippen LogP contribution >= 0.6 is 0 Å². The van der Waals surface area contributed by atoms with Crippen LogP contribution < -0.4 is 0 Å².